The number of hydrogen-bond donors (Lipinski definition) is 1. The summed E-state index contributed by atoms with van der Waals surface area (Å²) in [4.78, 5) is 17.4. The Labute approximate surface area is 195 Å². The topological polar surface area (TPSA) is 69.2 Å². The second-order valence-electron chi connectivity index (χ2n) is 6.97. The van der Waals surface area contributed by atoms with E-state index in [0.717, 1.165) is 11.3 Å². The van der Waals surface area contributed by atoms with Crippen LogP contribution < -0.4 is 19.5 Å². The Morgan fingerprint density at radius 1 is 1.00 bits per heavy atom. The van der Waals surface area contributed by atoms with E-state index in [9.17, 15) is 9.18 Å². The van der Waals surface area contributed by atoms with Gasteiger partial charge in [0.05, 0.1) is 24.8 Å². The number of hydrogen-bond acceptors (Lipinski definition) is 6. The minimum atomic E-state index is -0.325. The number of halogens is 1. The lowest BCUT2D eigenvalue weighted by molar-refractivity contribution is -0.115. The van der Waals surface area contributed by atoms with E-state index < -0.39 is 0 Å². The summed E-state index contributed by atoms with van der Waals surface area (Å²) in [6.45, 7) is 0.0763. The van der Waals surface area contributed by atoms with E-state index in [1.54, 1.807) is 61.7 Å². The lowest BCUT2D eigenvalue weighted by Gasteiger charge is -2.12. The van der Waals surface area contributed by atoms with Gasteiger partial charge in [-0.05, 0) is 65.9 Å². The molecule has 0 unspecified atom stereocenters. The maximum absolute atomic E-state index is 13.8. The van der Waals surface area contributed by atoms with Gasteiger partial charge >= 0.3 is 0 Å². The molecule has 168 valence electrons. The van der Waals surface area contributed by atoms with Crippen molar-refractivity contribution in [2.75, 3.05) is 14.2 Å². The molecule has 1 N–H and O–H groups in total. The van der Waals surface area contributed by atoms with E-state index in [4.69, 9.17) is 14.2 Å². The lowest BCUT2D eigenvalue weighted by atomic mass is 10.2. The van der Waals surface area contributed by atoms with Gasteiger partial charge in [-0.3, -0.25) is 4.79 Å². The molecule has 0 saturated carbocycles. The van der Waals surface area contributed by atoms with Gasteiger partial charge in [0, 0.05) is 5.56 Å². The zero-order valence-corrected chi connectivity index (χ0v) is 18.8. The summed E-state index contributed by atoms with van der Waals surface area (Å²) in [5.41, 5.74) is 1.92. The van der Waals surface area contributed by atoms with Gasteiger partial charge in [-0.2, -0.15) is 0 Å². The van der Waals surface area contributed by atoms with Crippen LogP contribution in [0.15, 0.2) is 76.6 Å². The third-order valence-corrected chi connectivity index (χ3v) is 5.69. The Bertz CT molecular complexity index is 1230. The summed E-state index contributed by atoms with van der Waals surface area (Å²) < 4.78 is 30.1. The average molecular weight is 465 g/mol. The van der Waals surface area contributed by atoms with Crippen molar-refractivity contribution in [3.8, 4) is 17.2 Å². The number of nitrogens with one attached hydrogen (secondary N) is 1. The first-order valence-electron chi connectivity index (χ1n) is 10.0. The van der Waals surface area contributed by atoms with Crippen LogP contribution in [0.5, 0.6) is 17.2 Å². The number of aliphatic imine (C=N–C) groups is 1. The third kappa shape index (κ3) is 5.53. The zero-order chi connectivity index (χ0) is 23.2. The number of methoxy groups -OCH3 is 2. The van der Waals surface area contributed by atoms with Crippen molar-refractivity contribution in [2.45, 2.75) is 6.61 Å². The van der Waals surface area contributed by atoms with Crippen molar-refractivity contribution >= 4 is 34.6 Å². The first-order chi connectivity index (χ1) is 16.1. The molecule has 0 spiro atoms. The molecule has 1 saturated heterocycles. The number of carbonyl (C=O) groups is 1. The Balaban J connectivity index is 1.48. The van der Waals surface area contributed by atoms with Crippen LogP contribution in [-0.4, -0.2) is 25.3 Å². The smallest absolute Gasteiger partial charge is 0.264 e. The fraction of sp³-hybridized carbons (Fsp3) is 0.120. The van der Waals surface area contributed by atoms with E-state index in [1.165, 1.54) is 24.9 Å². The normalized spacial score (nSPS) is 15.5. The molecular weight excluding hydrogens is 443 g/mol. The van der Waals surface area contributed by atoms with Gasteiger partial charge in [0.15, 0.2) is 16.7 Å². The fourth-order valence-corrected chi connectivity index (χ4v) is 3.91. The van der Waals surface area contributed by atoms with E-state index in [1.807, 2.05) is 12.1 Å². The molecule has 1 aliphatic heterocycles. The molecule has 3 aromatic rings. The highest BCUT2D eigenvalue weighted by atomic mass is 32.2. The van der Waals surface area contributed by atoms with Gasteiger partial charge in [-0.15, -0.1) is 0 Å². The molecule has 1 aliphatic rings. The van der Waals surface area contributed by atoms with Crippen LogP contribution in [0.2, 0.25) is 0 Å². The van der Waals surface area contributed by atoms with Crippen LogP contribution in [0, 0.1) is 5.82 Å². The lowest BCUT2D eigenvalue weighted by Crippen LogP contribution is -2.19. The molecule has 0 bridgehead atoms. The number of amides is 1. The second-order valence-corrected chi connectivity index (χ2v) is 8.00. The molecule has 1 amide bonds. The van der Waals surface area contributed by atoms with Gasteiger partial charge in [0.2, 0.25) is 0 Å². The first-order valence-corrected chi connectivity index (χ1v) is 10.9. The second kappa shape index (κ2) is 10.2. The molecule has 1 heterocycles. The number of thioether (sulfide) groups is 1. The predicted octanol–water partition coefficient (Wildman–Crippen LogP) is 5.31. The maximum atomic E-state index is 13.8. The number of benzene rings is 3. The maximum Gasteiger partial charge on any atom is 0.264 e. The monoisotopic (exact) mass is 464 g/mol. The van der Waals surface area contributed by atoms with Crippen LogP contribution in [0.25, 0.3) is 6.08 Å². The highest BCUT2D eigenvalue weighted by molar-refractivity contribution is 8.18. The van der Waals surface area contributed by atoms with Crippen molar-refractivity contribution in [2.24, 2.45) is 4.99 Å². The van der Waals surface area contributed by atoms with Gasteiger partial charge in [-0.25, -0.2) is 9.38 Å². The summed E-state index contributed by atoms with van der Waals surface area (Å²) in [6, 6.07) is 19.0. The molecule has 4 rings (SSSR count). The van der Waals surface area contributed by atoms with Gasteiger partial charge in [0.1, 0.15) is 18.2 Å². The number of ether oxygens (including phenoxy) is 3. The number of nitrogens with zero attached hydrogens (tertiary/aromatic N) is 1. The standard InChI is InChI=1S/C25H21FN2O4S/c1-30-19-10-8-18(9-11-19)27-25-28-24(29)23(33-25)14-16-7-12-21(22(13-16)31-2)32-15-17-5-3-4-6-20(17)26/h3-14H,15H2,1-2H3,(H,27,28,29)/b23-14-. The summed E-state index contributed by atoms with van der Waals surface area (Å²) in [5, 5.41) is 3.26. The van der Waals surface area contributed by atoms with Crippen molar-refractivity contribution in [3.63, 3.8) is 0 Å². The minimum absolute atomic E-state index is 0.0763. The van der Waals surface area contributed by atoms with Crippen molar-refractivity contribution in [1.82, 2.24) is 5.32 Å². The summed E-state index contributed by atoms with van der Waals surface area (Å²) >= 11 is 1.25. The van der Waals surface area contributed by atoms with Crippen molar-refractivity contribution in [3.05, 3.63) is 88.6 Å². The molecule has 6 nitrogen and oxygen atoms in total. The predicted molar refractivity (Wildman–Crippen MR) is 128 cm³/mol. The summed E-state index contributed by atoms with van der Waals surface area (Å²) in [7, 11) is 3.13. The molecule has 0 atom stereocenters. The Morgan fingerprint density at radius 3 is 2.52 bits per heavy atom. The average Bonchev–Trinajstić information content (AvgIpc) is 3.17. The summed E-state index contributed by atoms with van der Waals surface area (Å²) in [5.74, 6) is 1.14. The van der Waals surface area contributed by atoms with Gasteiger partial charge in [-0.1, -0.05) is 24.3 Å². The molecular formula is C25H21FN2O4S. The van der Waals surface area contributed by atoms with Crippen LogP contribution in [-0.2, 0) is 11.4 Å². The third-order valence-electron chi connectivity index (χ3n) is 4.78. The number of rotatable bonds is 7. The molecule has 8 heteroatoms. The van der Waals surface area contributed by atoms with Crippen molar-refractivity contribution in [1.29, 1.82) is 0 Å². The van der Waals surface area contributed by atoms with E-state index in [2.05, 4.69) is 10.3 Å². The Morgan fingerprint density at radius 2 is 1.79 bits per heavy atom. The molecule has 33 heavy (non-hydrogen) atoms. The van der Waals surface area contributed by atoms with Crippen LogP contribution >= 0.6 is 11.8 Å². The van der Waals surface area contributed by atoms with Crippen molar-refractivity contribution < 1.29 is 23.4 Å². The number of amidine groups is 1. The van der Waals surface area contributed by atoms with Crippen LogP contribution in [0.1, 0.15) is 11.1 Å². The molecule has 0 aromatic heterocycles. The quantitative estimate of drug-likeness (QED) is 0.480. The van der Waals surface area contributed by atoms with Gasteiger partial charge in [0.25, 0.3) is 5.91 Å². The highest BCUT2D eigenvalue weighted by Crippen LogP contribution is 2.33. The fourth-order valence-electron chi connectivity index (χ4n) is 3.07. The molecule has 1 fully saturated rings. The van der Waals surface area contributed by atoms with Crippen LogP contribution in [0.3, 0.4) is 0 Å². The van der Waals surface area contributed by atoms with E-state index >= 15 is 0 Å². The SMILES string of the molecule is COc1ccc(N=C2NC(=O)/C(=C/c3ccc(OCc4ccccc4F)c(OC)c3)S2)cc1. The zero-order valence-electron chi connectivity index (χ0n) is 18.0. The van der Waals surface area contributed by atoms with Gasteiger partial charge < -0.3 is 19.5 Å². The molecule has 0 aliphatic carbocycles. The molecule has 3 aromatic carbocycles. The van der Waals surface area contributed by atoms with E-state index in [0.29, 0.717) is 32.8 Å². The van der Waals surface area contributed by atoms with E-state index in [-0.39, 0.29) is 18.3 Å². The first kappa shape index (κ1) is 22.4. The Hall–Kier alpha value is -3.78. The van der Waals surface area contributed by atoms with Crippen LogP contribution in [0.4, 0.5) is 10.1 Å². The summed E-state index contributed by atoms with van der Waals surface area (Å²) in [6.07, 6.45) is 1.75. The Kier molecular flexibility index (Phi) is 6.95. The largest absolute Gasteiger partial charge is 0.497 e. The highest BCUT2D eigenvalue weighted by Gasteiger charge is 2.24. The molecule has 0 radical (unpaired) electrons. The minimum Gasteiger partial charge on any atom is -0.497 e. The number of carbonyl (C=O) groups excluding carboxylic acids is 1.